The minimum absolute atomic E-state index is 0.598. The molecular formula is C8H10N2O5. The molecule has 0 aliphatic carbocycles. The Balaban J connectivity index is 2.97. The summed E-state index contributed by atoms with van der Waals surface area (Å²) >= 11 is 0. The van der Waals surface area contributed by atoms with Gasteiger partial charge < -0.3 is 5.11 Å². The first-order valence-electron chi connectivity index (χ1n) is 4.17. The number of nitrogens with zero attached hydrogens (tertiary/aromatic N) is 2. The standard InChI is InChI=1S/C8H10N2O5/c1-9-6(13)4(3-5(11)12)7(14)10(2)8(9)15/h4H,3H2,1-2H3,(H,11,12). The quantitative estimate of drug-likeness (QED) is 0.603. The lowest BCUT2D eigenvalue weighted by molar-refractivity contribution is -0.153. The predicted molar refractivity (Wildman–Crippen MR) is 46.7 cm³/mol. The van der Waals surface area contributed by atoms with E-state index in [-0.39, 0.29) is 0 Å². The van der Waals surface area contributed by atoms with Gasteiger partial charge in [0, 0.05) is 14.1 Å². The van der Waals surface area contributed by atoms with Crippen LogP contribution < -0.4 is 0 Å². The smallest absolute Gasteiger partial charge is 0.332 e. The van der Waals surface area contributed by atoms with Crippen molar-refractivity contribution in [2.45, 2.75) is 6.42 Å². The number of rotatable bonds is 2. The van der Waals surface area contributed by atoms with Gasteiger partial charge in [-0.05, 0) is 0 Å². The third-order valence-electron chi connectivity index (χ3n) is 2.21. The molecule has 0 aromatic rings. The molecule has 1 saturated heterocycles. The summed E-state index contributed by atoms with van der Waals surface area (Å²) in [5.41, 5.74) is 0. The van der Waals surface area contributed by atoms with Crippen molar-refractivity contribution in [3.63, 3.8) is 0 Å². The van der Waals surface area contributed by atoms with Crippen molar-refractivity contribution < 1.29 is 24.3 Å². The van der Waals surface area contributed by atoms with Gasteiger partial charge >= 0.3 is 12.0 Å². The first-order chi connectivity index (χ1) is 6.86. The first-order valence-corrected chi connectivity index (χ1v) is 4.17. The van der Waals surface area contributed by atoms with Gasteiger partial charge in [-0.1, -0.05) is 0 Å². The number of carbonyl (C=O) groups excluding carboxylic acids is 3. The lowest BCUT2D eigenvalue weighted by Crippen LogP contribution is -2.57. The van der Waals surface area contributed by atoms with Crippen LogP contribution in [0.4, 0.5) is 4.79 Å². The summed E-state index contributed by atoms with van der Waals surface area (Å²) in [5.74, 6) is -4.09. The summed E-state index contributed by atoms with van der Waals surface area (Å²) in [6.45, 7) is 0. The summed E-state index contributed by atoms with van der Waals surface area (Å²) in [6, 6.07) is -0.744. The molecule has 1 aliphatic rings. The predicted octanol–water partition coefficient (Wildman–Crippen LogP) is -0.872. The summed E-state index contributed by atoms with van der Waals surface area (Å²) in [5, 5.41) is 8.51. The maximum absolute atomic E-state index is 11.4. The second kappa shape index (κ2) is 3.68. The van der Waals surface area contributed by atoms with Crippen molar-refractivity contribution in [1.29, 1.82) is 0 Å². The molecule has 0 radical (unpaired) electrons. The second-order valence-corrected chi connectivity index (χ2v) is 3.23. The fraction of sp³-hybridized carbons (Fsp3) is 0.500. The van der Waals surface area contributed by atoms with Gasteiger partial charge in [0.2, 0.25) is 11.8 Å². The van der Waals surface area contributed by atoms with Crippen LogP contribution in [0.3, 0.4) is 0 Å². The molecule has 0 saturated carbocycles. The van der Waals surface area contributed by atoms with Gasteiger partial charge in [0.05, 0.1) is 6.42 Å². The number of hydrogen-bond acceptors (Lipinski definition) is 4. The number of carboxylic acid groups (broad SMARTS) is 1. The van der Waals surface area contributed by atoms with Crippen molar-refractivity contribution in [2.75, 3.05) is 14.1 Å². The molecule has 1 heterocycles. The average Bonchev–Trinajstić information content (AvgIpc) is 2.18. The Hall–Kier alpha value is -1.92. The zero-order valence-electron chi connectivity index (χ0n) is 8.26. The molecule has 0 aromatic carbocycles. The Morgan fingerprint density at radius 3 is 1.93 bits per heavy atom. The molecule has 0 atom stereocenters. The van der Waals surface area contributed by atoms with E-state index >= 15 is 0 Å². The van der Waals surface area contributed by atoms with E-state index in [1.54, 1.807) is 0 Å². The Labute approximate surface area is 85.2 Å². The monoisotopic (exact) mass is 214 g/mol. The molecule has 7 heteroatoms. The topological polar surface area (TPSA) is 95.0 Å². The average molecular weight is 214 g/mol. The first kappa shape index (κ1) is 11.2. The molecule has 0 aromatic heterocycles. The van der Waals surface area contributed by atoms with Gasteiger partial charge in [-0.15, -0.1) is 0 Å². The van der Waals surface area contributed by atoms with E-state index in [0.29, 0.717) is 0 Å². The lowest BCUT2D eigenvalue weighted by atomic mass is 10.0. The highest BCUT2D eigenvalue weighted by Gasteiger charge is 2.43. The van der Waals surface area contributed by atoms with Crippen molar-refractivity contribution in [3.8, 4) is 0 Å². The number of barbiturate groups is 1. The van der Waals surface area contributed by atoms with E-state index in [2.05, 4.69) is 0 Å². The number of carbonyl (C=O) groups is 4. The normalized spacial score (nSPS) is 18.7. The summed E-state index contributed by atoms with van der Waals surface area (Å²) < 4.78 is 0. The fourth-order valence-corrected chi connectivity index (χ4v) is 1.34. The maximum Gasteiger partial charge on any atom is 0.332 e. The molecule has 0 unspecified atom stereocenters. The van der Waals surface area contributed by atoms with Gasteiger partial charge in [0.1, 0.15) is 5.92 Å². The van der Waals surface area contributed by atoms with Gasteiger partial charge in [-0.2, -0.15) is 0 Å². The molecule has 1 aliphatic heterocycles. The van der Waals surface area contributed by atoms with Crippen molar-refractivity contribution in [2.24, 2.45) is 5.92 Å². The zero-order chi connectivity index (χ0) is 11.7. The van der Waals surface area contributed by atoms with E-state index < -0.39 is 36.2 Å². The number of aliphatic carboxylic acids is 1. The molecule has 4 amide bonds. The highest BCUT2D eigenvalue weighted by Crippen LogP contribution is 2.17. The van der Waals surface area contributed by atoms with Crippen LogP contribution in [0.1, 0.15) is 6.42 Å². The molecule has 7 nitrogen and oxygen atoms in total. The van der Waals surface area contributed by atoms with E-state index in [1.165, 1.54) is 14.1 Å². The van der Waals surface area contributed by atoms with E-state index in [1.807, 2.05) is 0 Å². The minimum atomic E-state index is -1.30. The molecular weight excluding hydrogens is 204 g/mol. The van der Waals surface area contributed by atoms with Gasteiger partial charge in [-0.25, -0.2) is 4.79 Å². The molecule has 15 heavy (non-hydrogen) atoms. The van der Waals surface area contributed by atoms with E-state index in [0.717, 1.165) is 9.80 Å². The van der Waals surface area contributed by atoms with Crippen LogP contribution in [0.2, 0.25) is 0 Å². The van der Waals surface area contributed by atoms with Crippen LogP contribution in [0.25, 0.3) is 0 Å². The highest BCUT2D eigenvalue weighted by atomic mass is 16.4. The maximum atomic E-state index is 11.4. The number of hydrogen-bond donors (Lipinski definition) is 1. The van der Waals surface area contributed by atoms with Crippen molar-refractivity contribution in [3.05, 3.63) is 0 Å². The molecule has 1 N–H and O–H groups in total. The van der Waals surface area contributed by atoms with Crippen LogP contribution in [-0.2, 0) is 14.4 Å². The molecule has 82 valence electrons. The largest absolute Gasteiger partial charge is 0.481 e. The Morgan fingerprint density at radius 1 is 1.20 bits per heavy atom. The van der Waals surface area contributed by atoms with E-state index in [9.17, 15) is 19.2 Å². The van der Waals surface area contributed by atoms with Crippen LogP contribution in [0.5, 0.6) is 0 Å². The SMILES string of the molecule is CN1C(=O)C(CC(=O)O)C(=O)N(C)C1=O. The summed E-state index contributed by atoms with van der Waals surface area (Å²) in [6.07, 6.45) is -0.598. The Bertz CT molecular complexity index is 327. The van der Waals surface area contributed by atoms with Crippen LogP contribution in [0.15, 0.2) is 0 Å². The number of amides is 4. The van der Waals surface area contributed by atoms with Crippen molar-refractivity contribution >= 4 is 23.8 Å². The third-order valence-corrected chi connectivity index (χ3v) is 2.21. The lowest BCUT2D eigenvalue weighted by Gasteiger charge is -2.32. The van der Waals surface area contributed by atoms with Crippen LogP contribution in [-0.4, -0.2) is 52.8 Å². The Morgan fingerprint density at radius 2 is 1.60 bits per heavy atom. The van der Waals surface area contributed by atoms with Crippen LogP contribution >= 0.6 is 0 Å². The molecule has 0 spiro atoms. The minimum Gasteiger partial charge on any atom is -0.481 e. The summed E-state index contributed by atoms with van der Waals surface area (Å²) in [7, 11) is 2.42. The molecule has 0 bridgehead atoms. The fourth-order valence-electron chi connectivity index (χ4n) is 1.34. The van der Waals surface area contributed by atoms with Gasteiger partial charge in [0.15, 0.2) is 0 Å². The van der Waals surface area contributed by atoms with Gasteiger partial charge in [0.25, 0.3) is 0 Å². The second-order valence-electron chi connectivity index (χ2n) is 3.23. The van der Waals surface area contributed by atoms with Crippen LogP contribution in [0, 0.1) is 5.92 Å². The van der Waals surface area contributed by atoms with Gasteiger partial charge in [-0.3, -0.25) is 24.2 Å². The third kappa shape index (κ3) is 1.80. The molecule has 1 fully saturated rings. The zero-order valence-corrected chi connectivity index (χ0v) is 8.26. The number of imide groups is 2. The summed E-state index contributed by atoms with van der Waals surface area (Å²) in [4.78, 5) is 46.0. The van der Waals surface area contributed by atoms with E-state index in [4.69, 9.17) is 5.11 Å². The van der Waals surface area contributed by atoms with Crippen molar-refractivity contribution in [1.82, 2.24) is 9.80 Å². The number of urea groups is 1. The highest BCUT2D eigenvalue weighted by molar-refractivity contribution is 6.16. The molecule has 1 rings (SSSR count). The Kier molecular flexibility index (Phi) is 2.74. The number of carboxylic acids is 1.